The van der Waals surface area contributed by atoms with E-state index >= 15 is 0 Å². The third-order valence-corrected chi connectivity index (χ3v) is 3.85. The highest BCUT2D eigenvalue weighted by atomic mass is 16.5. The Morgan fingerprint density at radius 2 is 1.88 bits per heavy atom. The summed E-state index contributed by atoms with van der Waals surface area (Å²) in [7, 11) is 0. The Morgan fingerprint density at radius 1 is 1.31 bits per heavy atom. The smallest absolute Gasteiger partial charge is 0.0940 e. The number of hydrogen-bond acceptors (Lipinski definition) is 2. The van der Waals surface area contributed by atoms with Gasteiger partial charge < -0.3 is 9.84 Å². The standard InChI is InChI=1S/C14H28O2/c1-5-16-14(13(15)10-11(2)3)8-6-12(4)7-9-14/h11-13,15H,5-10H2,1-4H3. The number of aliphatic hydroxyl groups excluding tert-OH is 1. The Morgan fingerprint density at radius 3 is 2.31 bits per heavy atom. The van der Waals surface area contributed by atoms with E-state index in [0.717, 1.165) is 25.2 Å². The van der Waals surface area contributed by atoms with E-state index in [9.17, 15) is 5.11 Å². The zero-order valence-corrected chi connectivity index (χ0v) is 11.3. The number of ether oxygens (including phenoxy) is 1. The maximum atomic E-state index is 10.4. The highest BCUT2D eigenvalue weighted by molar-refractivity contribution is 4.92. The molecule has 2 heteroatoms. The van der Waals surface area contributed by atoms with E-state index in [1.165, 1.54) is 12.8 Å². The van der Waals surface area contributed by atoms with Crippen LogP contribution in [0.5, 0.6) is 0 Å². The van der Waals surface area contributed by atoms with Crippen LogP contribution in [-0.2, 0) is 4.74 Å². The van der Waals surface area contributed by atoms with Crippen molar-refractivity contribution in [2.45, 2.75) is 71.5 Å². The second-order valence-corrected chi connectivity index (χ2v) is 5.83. The molecule has 1 aliphatic rings. The summed E-state index contributed by atoms with van der Waals surface area (Å²) >= 11 is 0. The Kier molecular flexibility index (Phi) is 5.26. The van der Waals surface area contributed by atoms with Gasteiger partial charge in [-0.05, 0) is 50.9 Å². The average molecular weight is 228 g/mol. The van der Waals surface area contributed by atoms with Crippen molar-refractivity contribution in [2.75, 3.05) is 6.61 Å². The fraction of sp³-hybridized carbons (Fsp3) is 1.00. The summed E-state index contributed by atoms with van der Waals surface area (Å²) in [6.07, 6.45) is 4.99. The fourth-order valence-electron chi connectivity index (χ4n) is 2.77. The molecule has 1 N–H and O–H groups in total. The summed E-state index contributed by atoms with van der Waals surface area (Å²) in [6.45, 7) is 9.36. The molecule has 0 aliphatic heterocycles. The highest BCUT2D eigenvalue weighted by Gasteiger charge is 2.41. The Hall–Kier alpha value is -0.0800. The SMILES string of the molecule is CCOC1(C(O)CC(C)C)CCC(C)CC1. The van der Waals surface area contributed by atoms with Crippen molar-refractivity contribution in [3.8, 4) is 0 Å². The van der Waals surface area contributed by atoms with Gasteiger partial charge in [0.2, 0.25) is 0 Å². The maximum Gasteiger partial charge on any atom is 0.0940 e. The third kappa shape index (κ3) is 3.46. The molecule has 1 saturated carbocycles. The number of rotatable bonds is 5. The molecule has 0 aromatic carbocycles. The molecule has 1 aliphatic carbocycles. The van der Waals surface area contributed by atoms with Crippen LogP contribution < -0.4 is 0 Å². The molecule has 0 aromatic heterocycles. The Labute approximate surface area is 100 Å². The van der Waals surface area contributed by atoms with Crippen LogP contribution in [0, 0.1) is 11.8 Å². The van der Waals surface area contributed by atoms with Gasteiger partial charge in [0, 0.05) is 6.61 Å². The van der Waals surface area contributed by atoms with E-state index in [0.29, 0.717) is 12.5 Å². The molecule has 0 radical (unpaired) electrons. The van der Waals surface area contributed by atoms with E-state index in [1.807, 2.05) is 6.92 Å². The topological polar surface area (TPSA) is 29.5 Å². The van der Waals surface area contributed by atoms with Crippen molar-refractivity contribution in [3.63, 3.8) is 0 Å². The van der Waals surface area contributed by atoms with Crippen molar-refractivity contribution in [1.82, 2.24) is 0 Å². The minimum absolute atomic E-state index is 0.245. The Balaban J connectivity index is 2.64. The summed E-state index contributed by atoms with van der Waals surface area (Å²) < 4.78 is 5.93. The van der Waals surface area contributed by atoms with Gasteiger partial charge in [0.15, 0.2) is 0 Å². The van der Waals surface area contributed by atoms with Crippen molar-refractivity contribution >= 4 is 0 Å². The summed E-state index contributed by atoms with van der Waals surface area (Å²) in [5.74, 6) is 1.33. The number of hydrogen-bond donors (Lipinski definition) is 1. The van der Waals surface area contributed by atoms with Gasteiger partial charge in [0.25, 0.3) is 0 Å². The molecule has 1 atom stereocenters. The van der Waals surface area contributed by atoms with Crippen LogP contribution in [0.15, 0.2) is 0 Å². The molecule has 2 nitrogen and oxygen atoms in total. The molecule has 0 spiro atoms. The molecular weight excluding hydrogens is 200 g/mol. The summed E-state index contributed by atoms with van der Waals surface area (Å²) in [4.78, 5) is 0. The van der Waals surface area contributed by atoms with Crippen molar-refractivity contribution < 1.29 is 9.84 Å². The predicted octanol–water partition coefficient (Wildman–Crippen LogP) is 3.38. The fourth-order valence-corrected chi connectivity index (χ4v) is 2.77. The summed E-state index contributed by atoms with van der Waals surface area (Å²) in [5, 5.41) is 10.4. The van der Waals surface area contributed by atoms with Crippen molar-refractivity contribution in [3.05, 3.63) is 0 Å². The van der Waals surface area contributed by atoms with Gasteiger partial charge in [-0.15, -0.1) is 0 Å². The first-order valence-electron chi connectivity index (χ1n) is 6.82. The highest BCUT2D eigenvalue weighted by Crippen LogP contribution is 2.38. The molecule has 0 bridgehead atoms. The summed E-state index contributed by atoms with van der Waals surface area (Å²) in [6, 6.07) is 0. The van der Waals surface area contributed by atoms with Crippen molar-refractivity contribution in [1.29, 1.82) is 0 Å². The van der Waals surface area contributed by atoms with Crippen LogP contribution in [0.25, 0.3) is 0 Å². The average Bonchev–Trinajstić information content (AvgIpc) is 2.21. The molecule has 96 valence electrons. The van der Waals surface area contributed by atoms with E-state index in [4.69, 9.17) is 4.74 Å². The van der Waals surface area contributed by atoms with E-state index in [2.05, 4.69) is 20.8 Å². The van der Waals surface area contributed by atoms with Gasteiger partial charge in [0.05, 0.1) is 11.7 Å². The molecule has 1 unspecified atom stereocenters. The summed E-state index contributed by atoms with van der Waals surface area (Å²) in [5.41, 5.74) is -0.245. The second-order valence-electron chi connectivity index (χ2n) is 5.83. The van der Waals surface area contributed by atoms with Gasteiger partial charge in [-0.3, -0.25) is 0 Å². The van der Waals surface area contributed by atoms with E-state index in [1.54, 1.807) is 0 Å². The molecular formula is C14H28O2. The van der Waals surface area contributed by atoms with E-state index < -0.39 is 0 Å². The first-order valence-corrected chi connectivity index (χ1v) is 6.82. The lowest BCUT2D eigenvalue weighted by atomic mass is 9.74. The molecule has 1 fully saturated rings. The van der Waals surface area contributed by atoms with Gasteiger partial charge in [-0.2, -0.15) is 0 Å². The van der Waals surface area contributed by atoms with Gasteiger partial charge in [0.1, 0.15) is 0 Å². The quantitative estimate of drug-likeness (QED) is 0.781. The molecule has 0 amide bonds. The lowest BCUT2D eigenvalue weighted by Gasteiger charge is -2.43. The molecule has 0 heterocycles. The molecule has 16 heavy (non-hydrogen) atoms. The Bertz CT molecular complexity index is 193. The van der Waals surface area contributed by atoms with Gasteiger partial charge in [-0.25, -0.2) is 0 Å². The first-order chi connectivity index (χ1) is 7.50. The minimum Gasteiger partial charge on any atom is -0.390 e. The molecule has 0 saturated heterocycles. The lowest BCUT2D eigenvalue weighted by molar-refractivity contribution is -0.148. The third-order valence-electron chi connectivity index (χ3n) is 3.85. The zero-order valence-electron chi connectivity index (χ0n) is 11.3. The molecule has 1 rings (SSSR count). The van der Waals surface area contributed by atoms with E-state index in [-0.39, 0.29) is 11.7 Å². The van der Waals surface area contributed by atoms with Crippen LogP contribution in [0.2, 0.25) is 0 Å². The van der Waals surface area contributed by atoms with Gasteiger partial charge in [-0.1, -0.05) is 20.8 Å². The van der Waals surface area contributed by atoms with Crippen molar-refractivity contribution in [2.24, 2.45) is 11.8 Å². The second kappa shape index (κ2) is 6.02. The largest absolute Gasteiger partial charge is 0.390 e. The van der Waals surface area contributed by atoms with Crippen LogP contribution in [-0.4, -0.2) is 23.4 Å². The van der Waals surface area contributed by atoms with Crippen LogP contribution >= 0.6 is 0 Å². The predicted molar refractivity (Wildman–Crippen MR) is 67.5 cm³/mol. The van der Waals surface area contributed by atoms with Crippen LogP contribution in [0.1, 0.15) is 59.8 Å². The van der Waals surface area contributed by atoms with Crippen LogP contribution in [0.3, 0.4) is 0 Å². The van der Waals surface area contributed by atoms with Gasteiger partial charge >= 0.3 is 0 Å². The maximum absolute atomic E-state index is 10.4. The lowest BCUT2D eigenvalue weighted by Crippen LogP contribution is -2.48. The normalized spacial score (nSPS) is 33.0. The molecule has 0 aromatic rings. The van der Waals surface area contributed by atoms with Crippen LogP contribution in [0.4, 0.5) is 0 Å². The minimum atomic E-state index is -0.292. The number of aliphatic hydroxyl groups is 1. The zero-order chi connectivity index (χ0) is 12.2. The monoisotopic (exact) mass is 228 g/mol. The first kappa shape index (κ1) is 14.0.